The number of piperazine rings is 1. The fraction of sp³-hybridized carbons (Fsp3) is 0.562. The molecule has 4 atom stereocenters. The molecule has 2 fully saturated rings. The van der Waals surface area contributed by atoms with Gasteiger partial charge in [0.05, 0.1) is 6.04 Å². The van der Waals surface area contributed by atoms with E-state index >= 15 is 0 Å². The van der Waals surface area contributed by atoms with Crippen LogP contribution in [0, 0.1) is 5.41 Å². The summed E-state index contributed by atoms with van der Waals surface area (Å²) in [7, 11) is 4.17. The second kappa shape index (κ2) is 4.93. The maximum atomic E-state index is 13.2. The van der Waals surface area contributed by atoms with E-state index in [0.29, 0.717) is 6.42 Å². The van der Waals surface area contributed by atoms with Gasteiger partial charge >= 0.3 is 0 Å². The number of aromatic nitrogens is 1. The van der Waals surface area contributed by atoms with Gasteiger partial charge in [-0.05, 0) is 30.4 Å². The third-order valence-corrected chi connectivity index (χ3v) is 6.29. The van der Waals surface area contributed by atoms with E-state index < -0.39 is 10.2 Å². The second-order valence-electron chi connectivity index (χ2n) is 7.36. The smallest absolute Gasteiger partial charge is 0.259 e. The monoisotopic (exact) mass is 351 g/mol. The van der Waals surface area contributed by atoms with Gasteiger partial charge in [0.2, 0.25) is 0 Å². The molecule has 1 aromatic rings. The lowest BCUT2D eigenvalue weighted by atomic mass is 9.80. The first kappa shape index (κ1) is 16.7. The van der Waals surface area contributed by atoms with Gasteiger partial charge in [0, 0.05) is 19.4 Å². The maximum Gasteiger partial charge on any atom is 0.259 e. The summed E-state index contributed by atoms with van der Waals surface area (Å²) in [5.41, 5.74) is 0.641. The van der Waals surface area contributed by atoms with E-state index in [1.54, 1.807) is 31.3 Å². The van der Waals surface area contributed by atoms with E-state index in [2.05, 4.69) is 28.1 Å². The molecule has 0 aromatic carbocycles. The Bertz CT molecular complexity index is 679. The third kappa shape index (κ3) is 2.14. The van der Waals surface area contributed by atoms with Crippen LogP contribution in [0.15, 0.2) is 24.5 Å². The molecule has 5 nitrogen and oxygen atoms in total. The van der Waals surface area contributed by atoms with E-state index in [9.17, 15) is 9.59 Å². The molecule has 2 saturated heterocycles. The summed E-state index contributed by atoms with van der Waals surface area (Å²) in [6.07, 6.45) is 3.97. The minimum Gasteiger partial charge on any atom is -0.325 e. The van der Waals surface area contributed by atoms with Crippen LogP contribution in [-0.4, -0.2) is 43.8 Å². The van der Waals surface area contributed by atoms with Crippen LogP contribution in [0.3, 0.4) is 0 Å². The lowest BCUT2D eigenvalue weighted by Gasteiger charge is -2.51. The largest absolute Gasteiger partial charge is 0.325 e. The summed E-state index contributed by atoms with van der Waals surface area (Å²) in [5, 5.41) is -0.968. The molecule has 124 valence electrons. The first-order valence-electron chi connectivity index (χ1n) is 7.57. The van der Waals surface area contributed by atoms with Gasteiger partial charge in [-0.3, -0.25) is 14.6 Å². The Hall–Kier alpha value is -1.13. The van der Waals surface area contributed by atoms with Crippen LogP contribution in [0.1, 0.15) is 38.8 Å². The number of thiol groups is 1. The quantitative estimate of drug-likeness (QED) is 0.623. The van der Waals surface area contributed by atoms with Crippen molar-refractivity contribution in [2.24, 2.45) is 5.41 Å². The van der Waals surface area contributed by atoms with Gasteiger partial charge in [0.15, 0.2) is 4.87 Å². The van der Waals surface area contributed by atoms with E-state index in [-0.39, 0.29) is 23.3 Å². The molecule has 3 heterocycles. The molecule has 2 amide bonds. The highest BCUT2D eigenvalue weighted by Gasteiger charge is 2.66. The van der Waals surface area contributed by atoms with Crippen LogP contribution in [0.5, 0.6) is 0 Å². The minimum absolute atomic E-state index is 0.112. The molecule has 7 heteroatoms. The van der Waals surface area contributed by atoms with Crippen molar-refractivity contribution < 1.29 is 9.59 Å². The molecule has 0 radical (unpaired) electrons. The number of rotatable bonds is 1. The van der Waals surface area contributed by atoms with Crippen molar-refractivity contribution in [3.8, 4) is 0 Å². The summed E-state index contributed by atoms with van der Waals surface area (Å²) in [6, 6.07) is 3.57. The minimum atomic E-state index is -1.12. The number of carbonyl (C=O) groups excluding carboxylic acids is 2. The highest BCUT2D eigenvalue weighted by atomic mass is 32.1. The average Bonchev–Trinajstić information content (AvgIpc) is 2.71. The Kier molecular flexibility index (Phi) is 3.59. The Balaban J connectivity index is 2.20. The molecular weight excluding hydrogens is 329 g/mol. The zero-order valence-electron chi connectivity index (χ0n) is 13.8. The predicted octanol–water partition coefficient (Wildman–Crippen LogP) is 2.07. The molecule has 1 aromatic heterocycles. The van der Waals surface area contributed by atoms with Crippen molar-refractivity contribution in [3.05, 3.63) is 30.1 Å². The average molecular weight is 351 g/mol. The fourth-order valence-corrected chi connectivity index (χ4v) is 4.87. The number of nitrogens with zero attached hydrogens (tertiary/aromatic N) is 3. The van der Waals surface area contributed by atoms with E-state index in [1.165, 1.54) is 4.90 Å². The van der Waals surface area contributed by atoms with Crippen molar-refractivity contribution in [2.45, 2.75) is 43.4 Å². The Morgan fingerprint density at radius 1 is 1.30 bits per heavy atom. The van der Waals surface area contributed by atoms with Crippen LogP contribution >= 0.6 is 21.9 Å². The van der Waals surface area contributed by atoms with Crippen LogP contribution in [0.2, 0.25) is 0 Å². The van der Waals surface area contributed by atoms with Gasteiger partial charge in [-0.25, -0.2) is 0 Å². The normalized spacial score (nSPS) is 36.3. The second-order valence-corrected chi connectivity index (χ2v) is 9.22. The Labute approximate surface area is 144 Å². The zero-order valence-corrected chi connectivity index (χ0v) is 15.8. The summed E-state index contributed by atoms with van der Waals surface area (Å²) in [5.74, 6) is -0.253. The highest BCUT2D eigenvalue weighted by molar-refractivity contribution is 7.82. The van der Waals surface area contributed by atoms with Crippen LogP contribution in [-0.2, 0) is 9.59 Å². The van der Waals surface area contributed by atoms with Crippen molar-refractivity contribution >= 4 is 33.7 Å². The third-order valence-electron chi connectivity index (χ3n) is 5.09. The molecule has 0 saturated carbocycles. The number of likely N-dealkylation sites (N-methyl/N-ethyl adjacent to an activating group) is 1. The Morgan fingerprint density at radius 2 is 1.96 bits per heavy atom. The zero-order chi connectivity index (χ0) is 17.2. The van der Waals surface area contributed by atoms with Crippen molar-refractivity contribution in [1.29, 1.82) is 0 Å². The van der Waals surface area contributed by atoms with Gasteiger partial charge in [0.1, 0.15) is 5.28 Å². The maximum absolute atomic E-state index is 13.2. The van der Waals surface area contributed by atoms with Crippen LogP contribution in [0.4, 0.5) is 0 Å². The van der Waals surface area contributed by atoms with E-state index in [0.717, 1.165) is 5.56 Å². The lowest BCUT2D eigenvalue weighted by Crippen LogP contribution is -2.69. The number of pyridine rings is 1. The first-order chi connectivity index (χ1) is 10.5. The van der Waals surface area contributed by atoms with Gasteiger partial charge in [0.25, 0.3) is 11.8 Å². The number of amides is 2. The molecule has 0 aliphatic carbocycles. The summed E-state index contributed by atoms with van der Waals surface area (Å²) < 4.78 is 0. The number of hydrogen-bond acceptors (Lipinski definition) is 4. The van der Waals surface area contributed by atoms with Crippen molar-refractivity contribution in [2.75, 3.05) is 7.05 Å². The molecule has 3 rings (SSSR count). The molecule has 0 bridgehead atoms. The lowest BCUT2D eigenvalue weighted by molar-refractivity contribution is -0.163. The molecule has 0 spiro atoms. The highest BCUT2D eigenvalue weighted by Crippen LogP contribution is 2.59. The Morgan fingerprint density at radius 3 is 2.52 bits per heavy atom. The molecule has 2 aliphatic heterocycles. The molecular formula is C16H22N3O2PS. The van der Waals surface area contributed by atoms with Crippen LogP contribution in [0.25, 0.3) is 0 Å². The van der Waals surface area contributed by atoms with Gasteiger partial charge in [-0.15, -0.1) is 12.6 Å². The van der Waals surface area contributed by atoms with Crippen LogP contribution < -0.4 is 0 Å². The van der Waals surface area contributed by atoms with Gasteiger partial charge in [-0.2, -0.15) is 0 Å². The number of carbonyl (C=O) groups is 2. The van der Waals surface area contributed by atoms with E-state index in [1.807, 2.05) is 12.1 Å². The molecule has 0 N–H and O–H groups in total. The van der Waals surface area contributed by atoms with E-state index in [4.69, 9.17) is 12.6 Å². The standard InChI is InChI=1S/C16H22N3O2PS/c1-14(2)9-16(23)13(21)18(4)15(3,22)12(20)19(16)11(14)10-6-5-7-17-8-10/h5-8,11,23H,9,22H2,1-4H3/t11-,15-,16-/m1/s1. The summed E-state index contributed by atoms with van der Waals surface area (Å²) in [4.78, 5) is 32.4. The summed E-state index contributed by atoms with van der Waals surface area (Å²) in [6.45, 7) is 5.89. The van der Waals surface area contributed by atoms with Crippen molar-refractivity contribution in [3.63, 3.8) is 0 Å². The predicted molar refractivity (Wildman–Crippen MR) is 94.8 cm³/mol. The van der Waals surface area contributed by atoms with Gasteiger partial charge in [-0.1, -0.05) is 29.2 Å². The summed E-state index contributed by atoms with van der Waals surface area (Å²) >= 11 is 4.71. The fourth-order valence-electron chi connectivity index (χ4n) is 3.85. The number of fused-ring (bicyclic) bond motifs is 1. The topological polar surface area (TPSA) is 53.5 Å². The van der Waals surface area contributed by atoms with Crippen molar-refractivity contribution in [1.82, 2.24) is 14.8 Å². The molecule has 2 aliphatic rings. The first-order valence-corrected chi connectivity index (χ1v) is 8.59. The molecule has 23 heavy (non-hydrogen) atoms. The molecule has 1 unspecified atom stereocenters. The van der Waals surface area contributed by atoms with Gasteiger partial charge < -0.3 is 9.80 Å². The number of hydrogen-bond donors (Lipinski definition) is 1. The SMILES string of the molecule is CN1C(=O)[C@]2(S)CC(C)(C)[C@@H](c3cccnc3)N2C(=O)[C@@]1(C)P.